The van der Waals surface area contributed by atoms with Crippen molar-refractivity contribution < 1.29 is 28.6 Å². The zero-order valence-corrected chi connectivity index (χ0v) is 54.4. The van der Waals surface area contributed by atoms with E-state index in [1.165, 1.54) is 161 Å². The molecule has 0 fully saturated rings. The van der Waals surface area contributed by atoms with E-state index in [0.29, 0.717) is 19.3 Å². The van der Waals surface area contributed by atoms with Crippen molar-refractivity contribution in [3.63, 3.8) is 0 Å². The van der Waals surface area contributed by atoms with Gasteiger partial charge in [0.2, 0.25) is 0 Å². The van der Waals surface area contributed by atoms with E-state index in [0.717, 1.165) is 128 Å². The second kappa shape index (κ2) is 70.3. The molecule has 1 unspecified atom stereocenters. The summed E-state index contributed by atoms with van der Waals surface area (Å²) in [6.45, 7) is 6.49. The predicted molar refractivity (Wildman–Crippen MR) is 362 cm³/mol. The monoisotopic (exact) mass is 1150 g/mol. The highest BCUT2D eigenvalue weighted by Gasteiger charge is 2.19. The van der Waals surface area contributed by atoms with Crippen LogP contribution in [0.25, 0.3) is 0 Å². The molecule has 6 heteroatoms. The van der Waals surface area contributed by atoms with Crippen molar-refractivity contribution in [2.75, 3.05) is 13.2 Å². The van der Waals surface area contributed by atoms with Crippen LogP contribution in [0.3, 0.4) is 0 Å². The summed E-state index contributed by atoms with van der Waals surface area (Å²) >= 11 is 0. The average Bonchev–Trinajstić information content (AvgIpc) is 3.49. The maximum absolute atomic E-state index is 12.9. The van der Waals surface area contributed by atoms with Gasteiger partial charge in [-0.1, -0.05) is 296 Å². The van der Waals surface area contributed by atoms with E-state index in [1.807, 2.05) is 0 Å². The second-order valence-electron chi connectivity index (χ2n) is 23.1. The first kappa shape index (κ1) is 78.8. The summed E-state index contributed by atoms with van der Waals surface area (Å²) in [5.74, 6) is -0.919. The molecular formula is C77H130O6. The Hall–Kier alpha value is -4.19. The van der Waals surface area contributed by atoms with Crippen molar-refractivity contribution in [3.8, 4) is 0 Å². The van der Waals surface area contributed by atoms with Crippen LogP contribution in [0.4, 0.5) is 0 Å². The number of unbranched alkanes of at least 4 members (excludes halogenated alkanes) is 32. The lowest BCUT2D eigenvalue weighted by Crippen LogP contribution is -2.30. The van der Waals surface area contributed by atoms with Crippen LogP contribution >= 0.6 is 0 Å². The van der Waals surface area contributed by atoms with Gasteiger partial charge in [0.05, 0.1) is 0 Å². The molecule has 0 amide bonds. The van der Waals surface area contributed by atoms with Gasteiger partial charge in [0.25, 0.3) is 0 Å². The highest BCUT2D eigenvalue weighted by molar-refractivity contribution is 5.71. The summed E-state index contributed by atoms with van der Waals surface area (Å²) in [7, 11) is 0. The number of hydrogen-bond acceptors (Lipinski definition) is 6. The molecule has 0 saturated heterocycles. The number of carbonyl (C=O) groups excluding carboxylic acids is 3. The van der Waals surface area contributed by atoms with Crippen LogP contribution in [0.15, 0.2) is 122 Å². The van der Waals surface area contributed by atoms with Crippen molar-refractivity contribution >= 4 is 17.9 Å². The maximum Gasteiger partial charge on any atom is 0.306 e. The van der Waals surface area contributed by atoms with Crippen LogP contribution in [0.2, 0.25) is 0 Å². The smallest absolute Gasteiger partial charge is 0.306 e. The SMILES string of the molecule is CC/C=C\C/C=C\C/C=C\C/C=C\C/C=C\C/C=C\CCCCCCC(=O)OC(COC(=O)CCCCCCC/C=C\CCCCCC)COC(=O)CCCCCCCCCCCCCCCC/C=C\C/C=C\C/C=C\CCCCCCC. The molecule has 0 radical (unpaired) electrons. The van der Waals surface area contributed by atoms with Crippen LogP contribution < -0.4 is 0 Å². The lowest BCUT2D eigenvalue weighted by molar-refractivity contribution is -0.167. The van der Waals surface area contributed by atoms with E-state index in [2.05, 4.69) is 142 Å². The van der Waals surface area contributed by atoms with Gasteiger partial charge in [0.15, 0.2) is 6.10 Å². The number of esters is 3. The standard InChI is InChI=1S/C77H130O6/c1-4-7-10-13-16-19-22-25-27-29-31-33-35-36-37-38-39-40-42-43-45-47-49-52-55-58-61-64-67-70-76(79)82-73-74(72-81-75(78)69-66-63-60-57-54-51-24-21-18-15-12-9-6-3)83-77(80)71-68-65-62-59-56-53-50-48-46-44-41-34-32-30-28-26-23-20-17-14-11-8-5-2/h8,11,17,20-22,24-26,28-29,31-32,34-36,44,46,50,53,74H,4-7,9-10,12-16,18-19,23,27,30,33,37-43,45,47-49,51-52,54-73H2,1-3H3/b11-8-,20-17-,24-21-,25-22-,28-26-,31-29-,34-32-,36-35-,46-44-,53-50-. The normalized spacial score (nSPS) is 12.9. The number of hydrogen-bond donors (Lipinski definition) is 0. The zero-order chi connectivity index (χ0) is 59.9. The van der Waals surface area contributed by atoms with E-state index in [4.69, 9.17) is 14.2 Å². The summed E-state index contributed by atoms with van der Waals surface area (Å²) in [5, 5.41) is 0. The molecule has 0 spiro atoms. The second-order valence-corrected chi connectivity index (χ2v) is 23.1. The lowest BCUT2D eigenvalue weighted by Gasteiger charge is -2.18. The van der Waals surface area contributed by atoms with Crippen LogP contribution in [-0.4, -0.2) is 37.2 Å². The molecule has 0 bridgehead atoms. The molecule has 83 heavy (non-hydrogen) atoms. The largest absolute Gasteiger partial charge is 0.462 e. The molecule has 474 valence electrons. The van der Waals surface area contributed by atoms with Gasteiger partial charge in [-0.05, 0) is 135 Å². The van der Waals surface area contributed by atoms with E-state index in [-0.39, 0.29) is 31.1 Å². The van der Waals surface area contributed by atoms with Crippen LogP contribution in [0, 0.1) is 0 Å². The Bertz CT molecular complexity index is 1700. The number of rotatable bonds is 63. The minimum atomic E-state index is -0.800. The molecule has 0 aliphatic carbocycles. The summed E-state index contributed by atoms with van der Waals surface area (Å²) in [6.07, 6.45) is 97.9. The summed E-state index contributed by atoms with van der Waals surface area (Å²) in [6, 6.07) is 0. The number of carbonyl (C=O) groups is 3. The molecule has 6 nitrogen and oxygen atoms in total. The quantitative estimate of drug-likeness (QED) is 0.0261. The van der Waals surface area contributed by atoms with Gasteiger partial charge >= 0.3 is 17.9 Å². The van der Waals surface area contributed by atoms with E-state index >= 15 is 0 Å². The Kier molecular flexibility index (Phi) is 66.7. The summed E-state index contributed by atoms with van der Waals surface area (Å²) in [4.78, 5) is 38.4. The molecule has 0 aliphatic rings. The van der Waals surface area contributed by atoms with Crippen molar-refractivity contribution in [1.29, 1.82) is 0 Å². The molecule has 0 aromatic carbocycles. The zero-order valence-electron chi connectivity index (χ0n) is 54.4. The third-order valence-electron chi connectivity index (χ3n) is 14.9. The number of ether oxygens (including phenoxy) is 3. The minimum Gasteiger partial charge on any atom is -0.462 e. The van der Waals surface area contributed by atoms with Gasteiger partial charge in [-0.15, -0.1) is 0 Å². The number of allylic oxidation sites excluding steroid dienone is 20. The first-order valence-electron chi connectivity index (χ1n) is 35.0. The Morgan fingerprint density at radius 2 is 0.470 bits per heavy atom. The fourth-order valence-electron chi connectivity index (χ4n) is 9.68. The molecule has 0 rings (SSSR count). The topological polar surface area (TPSA) is 78.9 Å². The van der Waals surface area contributed by atoms with Crippen LogP contribution in [0.5, 0.6) is 0 Å². The Labute approximate surface area is 513 Å². The Morgan fingerprint density at radius 3 is 0.759 bits per heavy atom. The Morgan fingerprint density at radius 1 is 0.253 bits per heavy atom. The van der Waals surface area contributed by atoms with E-state index in [1.54, 1.807) is 0 Å². The van der Waals surface area contributed by atoms with E-state index in [9.17, 15) is 14.4 Å². The molecule has 1 atom stereocenters. The first-order chi connectivity index (χ1) is 41.0. The maximum atomic E-state index is 12.9. The highest BCUT2D eigenvalue weighted by atomic mass is 16.6. The van der Waals surface area contributed by atoms with Gasteiger partial charge in [-0.2, -0.15) is 0 Å². The fraction of sp³-hybridized carbons (Fsp3) is 0.701. The summed E-state index contributed by atoms with van der Waals surface area (Å²) in [5.41, 5.74) is 0. The highest BCUT2D eigenvalue weighted by Crippen LogP contribution is 2.16. The fourth-order valence-corrected chi connectivity index (χ4v) is 9.68. The van der Waals surface area contributed by atoms with Gasteiger partial charge in [-0.3, -0.25) is 14.4 Å². The van der Waals surface area contributed by atoms with Gasteiger partial charge in [0, 0.05) is 19.3 Å². The lowest BCUT2D eigenvalue weighted by atomic mass is 10.0. The third kappa shape index (κ3) is 68.5. The first-order valence-corrected chi connectivity index (χ1v) is 35.0. The minimum absolute atomic E-state index is 0.0924. The van der Waals surface area contributed by atoms with Crippen molar-refractivity contribution in [2.45, 2.75) is 335 Å². The third-order valence-corrected chi connectivity index (χ3v) is 14.9. The van der Waals surface area contributed by atoms with Crippen LogP contribution in [0.1, 0.15) is 329 Å². The molecule has 0 aliphatic heterocycles. The van der Waals surface area contributed by atoms with Gasteiger partial charge in [-0.25, -0.2) is 0 Å². The van der Waals surface area contributed by atoms with Gasteiger partial charge < -0.3 is 14.2 Å². The molecule has 0 aromatic heterocycles. The predicted octanol–water partition coefficient (Wildman–Crippen LogP) is 24.3. The van der Waals surface area contributed by atoms with Crippen molar-refractivity contribution in [2.24, 2.45) is 0 Å². The van der Waals surface area contributed by atoms with Crippen molar-refractivity contribution in [3.05, 3.63) is 122 Å². The molecule has 0 heterocycles. The molecule has 0 aromatic rings. The van der Waals surface area contributed by atoms with Crippen LogP contribution in [-0.2, 0) is 28.6 Å². The molecule has 0 saturated carbocycles. The molecular weight excluding hydrogens is 1020 g/mol. The van der Waals surface area contributed by atoms with Crippen molar-refractivity contribution in [1.82, 2.24) is 0 Å². The Balaban J connectivity index is 4.33. The van der Waals surface area contributed by atoms with Gasteiger partial charge in [0.1, 0.15) is 13.2 Å². The summed E-state index contributed by atoms with van der Waals surface area (Å²) < 4.78 is 16.9. The van der Waals surface area contributed by atoms with E-state index < -0.39 is 6.10 Å². The molecule has 0 N–H and O–H groups in total. The average molecular weight is 1150 g/mol.